The lowest BCUT2D eigenvalue weighted by atomic mass is 9.78. The minimum absolute atomic E-state index is 0.0683. The minimum atomic E-state index is -4.22. The van der Waals surface area contributed by atoms with Gasteiger partial charge in [0.15, 0.2) is 0 Å². The summed E-state index contributed by atoms with van der Waals surface area (Å²) >= 11 is 0. The molecule has 1 aliphatic carbocycles. The molecule has 7 heteroatoms. The van der Waals surface area contributed by atoms with Crippen LogP contribution < -0.4 is 5.32 Å². The molecule has 1 aliphatic rings. The molecule has 1 fully saturated rings. The van der Waals surface area contributed by atoms with E-state index < -0.39 is 36.3 Å². The molecule has 1 saturated carbocycles. The van der Waals surface area contributed by atoms with Crippen LogP contribution in [0.3, 0.4) is 0 Å². The van der Waals surface area contributed by atoms with Crippen molar-refractivity contribution in [1.29, 1.82) is 0 Å². The molecule has 0 aromatic carbocycles. The molecule has 0 aromatic rings. The van der Waals surface area contributed by atoms with E-state index in [9.17, 15) is 22.8 Å². The fourth-order valence-electron chi connectivity index (χ4n) is 2.37. The summed E-state index contributed by atoms with van der Waals surface area (Å²) in [6.45, 7) is -0.0683. The lowest BCUT2D eigenvalue weighted by Crippen LogP contribution is -2.40. The summed E-state index contributed by atoms with van der Waals surface area (Å²) in [5.41, 5.74) is 0. The molecule has 1 amide bonds. The van der Waals surface area contributed by atoms with Gasteiger partial charge in [0.2, 0.25) is 5.91 Å². The highest BCUT2D eigenvalue weighted by Gasteiger charge is 2.35. The van der Waals surface area contributed by atoms with Gasteiger partial charge in [-0.15, -0.1) is 0 Å². The van der Waals surface area contributed by atoms with Crippen molar-refractivity contribution in [2.75, 3.05) is 6.54 Å². The monoisotopic (exact) mass is 281 g/mol. The summed E-state index contributed by atoms with van der Waals surface area (Å²) in [5, 5.41) is 11.4. The van der Waals surface area contributed by atoms with Crippen LogP contribution in [0.2, 0.25) is 0 Å². The van der Waals surface area contributed by atoms with Crippen LogP contribution in [0, 0.1) is 11.8 Å². The quantitative estimate of drug-likeness (QED) is 0.760. The molecule has 110 valence electrons. The third-order valence-corrected chi connectivity index (χ3v) is 3.36. The Kier molecular flexibility index (Phi) is 5.62. The van der Waals surface area contributed by atoms with Gasteiger partial charge in [-0.3, -0.25) is 9.59 Å². The van der Waals surface area contributed by atoms with Gasteiger partial charge in [0.1, 0.15) is 0 Å². The van der Waals surface area contributed by atoms with Crippen molar-refractivity contribution in [2.45, 2.75) is 44.7 Å². The van der Waals surface area contributed by atoms with Crippen molar-refractivity contribution in [1.82, 2.24) is 5.32 Å². The molecule has 0 bridgehead atoms. The Morgan fingerprint density at radius 3 is 2.26 bits per heavy atom. The third-order valence-electron chi connectivity index (χ3n) is 3.36. The van der Waals surface area contributed by atoms with Gasteiger partial charge < -0.3 is 10.4 Å². The van der Waals surface area contributed by atoms with E-state index in [2.05, 4.69) is 5.32 Å². The summed E-state index contributed by atoms with van der Waals surface area (Å²) in [5.74, 6) is -2.77. The molecular weight excluding hydrogens is 263 g/mol. The Hall–Kier alpha value is -1.27. The molecule has 0 saturated heterocycles. The van der Waals surface area contributed by atoms with Gasteiger partial charge in [0.05, 0.1) is 11.8 Å². The van der Waals surface area contributed by atoms with E-state index in [1.54, 1.807) is 0 Å². The summed E-state index contributed by atoms with van der Waals surface area (Å²) < 4.78 is 35.7. The van der Waals surface area contributed by atoms with Crippen molar-refractivity contribution in [3.05, 3.63) is 0 Å². The number of carbonyl (C=O) groups excluding carboxylic acids is 1. The summed E-state index contributed by atoms with van der Waals surface area (Å²) in [4.78, 5) is 22.8. The van der Waals surface area contributed by atoms with Gasteiger partial charge in [0.25, 0.3) is 0 Å². The first-order chi connectivity index (χ1) is 8.81. The molecule has 2 atom stereocenters. The number of carboxylic acids is 1. The first-order valence-electron chi connectivity index (χ1n) is 6.38. The minimum Gasteiger partial charge on any atom is -0.481 e. The summed E-state index contributed by atoms with van der Waals surface area (Å²) in [6, 6.07) is 0. The standard InChI is InChI=1S/C12H18F3NO3/c13-12(14,15)6-3-7-16-10(17)8-4-1-2-5-9(8)11(18)19/h8-9H,1-7H2,(H,16,17)(H,18,19)/t8-,9+/m1/s1. The Labute approximate surface area is 109 Å². The molecule has 19 heavy (non-hydrogen) atoms. The van der Waals surface area contributed by atoms with Crippen molar-refractivity contribution in [3.8, 4) is 0 Å². The molecule has 2 N–H and O–H groups in total. The van der Waals surface area contributed by atoms with Gasteiger partial charge in [-0.05, 0) is 19.3 Å². The van der Waals surface area contributed by atoms with Gasteiger partial charge in [-0.25, -0.2) is 0 Å². The fraction of sp³-hybridized carbons (Fsp3) is 0.833. The van der Waals surface area contributed by atoms with E-state index >= 15 is 0 Å². The lowest BCUT2D eigenvalue weighted by molar-refractivity contribution is -0.149. The van der Waals surface area contributed by atoms with Crippen LogP contribution in [0.4, 0.5) is 13.2 Å². The van der Waals surface area contributed by atoms with E-state index in [0.29, 0.717) is 12.8 Å². The highest BCUT2D eigenvalue weighted by Crippen LogP contribution is 2.30. The van der Waals surface area contributed by atoms with E-state index in [0.717, 1.165) is 12.8 Å². The maximum Gasteiger partial charge on any atom is 0.389 e. The normalized spacial score (nSPS) is 23.9. The summed E-state index contributed by atoms with van der Waals surface area (Å²) in [6.07, 6.45) is -2.85. The molecule has 0 aromatic heterocycles. The maximum atomic E-state index is 11.9. The Morgan fingerprint density at radius 1 is 1.16 bits per heavy atom. The van der Waals surface area contributed by atoms with Gasteiger partial charge in [0, 0.05) is 13.0 Å². The maximum absolute atomic E-state index is 11.9. The predicted molar refractivity (Wildman–Crippen MR) is 61.4 cm³/mol. The van der Waals surface area contributed by atoms with Gasteiger partial charge >= 0.3 is 12.1 Å². The van der Waals surface area contributed by atoms with Crippen molar-refractivity contribution >= 4 is 11.9 Å². The van der Waals surface area contributed by atoms with Gasteiger partial charge in [-0.2, -0.15) is 13.2 Å². The third kappa shape index (κ3) is 5.48. The van der Waals surface area contributed by atoms with E-state index in [1.165, 1.54) is 0 Å². The number of amides is 1. The molecule has 1 rings (SSSR count). The van der Waals surface area contributed by atoms with E-state index in [1.807, 2.05) is 0 Å². The van der Waals surface area contributed by atoms with Crippen LogP contribution in [-0.4, -0.2) is 29.7 Å². The van der Waals surface area contributed by atoms with E-state index in [4.69, 9.17) is 5.11 Å². The zero-order valence-electron chi connectivity index (χ0n) is 10.5. The topological polar surface area (TPSA) is 66.4 Å². The summed E-state index contributed by atoms with van der Waals surface area (Å²) in [7, 11) is 0. The number of carbonyl (C=O) groups is 2. The van der Waals surface area contributed by atoms with E-state index in [-0.39, 0.29) is 13.0 Å². The SMILES string of the molecule is O=C(O)[C@H]1CCCC[C@H]1C(=O)NCCCC(F)(F)F. The number of hydrogen-bond acceptors (Lipinski definition) is 2. The molecule has 0 aliphatic heterocycles. The second-order valence-electron chi connectivity index (χ2n) is 4.85. The van der Waals surface area contributed by atoms with Crippen LogP contribution in [0.25, 0.3) is 0 Å². The average Bonchev–Trinajstić information content (AvgIpc) is 2.33. The fourth-order valence-corrected chi connectivity index (χ4v) is 2.37. The number of nitrogens with one attached hydrogen (secondary N) is 1. The Balaban J connectivity index is 2.37. The number of rotatable bonds is 5. The smallest absolute Gasteiger partial charge is 0.389 e. The van der Waals surface area contributed by atoms with Crippen LogP contribution >= 0.6 is 0 Å². The number of aliphatic carboxylic acids is 1. The molecule has 4 nitrogen and oxygen atoms in total. The van der Waals surface area contributed by atoms with Crippen LogP contribution in [-0.2, 0) is 9.59 Å². The Bertz CT molecular complexity index is 331. The zero-order valence-corrected chi connectivity index (χ0v) is 10.5. The molecular formula is C12H18F3NO3. The number of hydrogen-bond donors (Lipinski definition) is 2. The van der Waals surface area contributed by atoms with Crippen molar-refractivity contribution in [2.24, 2.45) is 11.8 Å². The highest BCUT2D eigenvalue weighted by molar-refractivity contribution is 5.84. The van der Waals surface area contributed by atoms with Crippen LogP contribution in [0.1, 0.15) is 38.5 Å². The molecule has 0 spiro atoms. The van der Waals surface area contributed by atoms with Crippen molar-refractivity contribution < 1.29 is 27.9 Å². The molecule has 0 radical (unpaired) electrons. The number of halogens is 3. The first-order valence-corrected chi connectivity index (χ1v) is 6.38. The van der Waals surface area contributed by atoms with Crippen molar-refractivity contribution in [3.63, 3.8) is 0 Å². The lowest BCUT2D eigenvalue weighted by Gasteiger charge is -2.27. The second-order valence-corrected chi connectivity index (χ2v) is 4.85. The highest BCUT2D eigenvalue weighted by atomic mass is 19.4. The van der Waals surface area contributed by atoms with Gasteiger partial charge in [-0.1, -0.05) is 12.8 Å². The zero-order chi connectivity index (χ0) is 14.5. The largest absolute Gasteiger partial charge is 0.481 e. The van der Waals surface area contributed by atoms with Crippen LogP contribution in [0.15, 0.2) is 0 Å². The first kappa shape index (κ1) is 15.8. The molecule has 0 unspecified atom stereocenters. The Morgan fingerprint density at radius 2 is 1.74 bits per heavy atom. The predicted octanol–water partition coefficient (Wildman–Crippen LogP) is 2.34. The number of carboxylic acid groups (broad SMARTS) is 1. The second kappa shape index (κ2) is 6.77. The average molecular weight is 281 g/mol. The van der Waals surface area contributed by atoms with Crippen LogP contribution in [0.5, 0.6) is 0 Å². The molecule has 0 heterocycles. The number of alkyl halides is 3.